The smallest absolute Gasteiger partial charge is 0.165 e. The van der Waals surface area contributed by atoms with Crippen LogP contribution in [0.1, 0.15) is 30.4 Å². The highest BCUT2D eigenvalue weighted by atomic mass is 16.5. The van der Waals surface area contributed by atoms with Crippen LogP contribution >= 0.6 is 0 Å². The Morgan fingerprint density at radius 1 is 1.38 bits per heavy atom. The summed E-state index contributed by atoms with van der Waals surface area (Å²) in [5.74, 6) is 1.86. The van der Waals surface area contributed by atoms with E-state index in [0.717, 1.165) is 24.6 Å². The molecule has 4 heteroatoms. The van der Waals surface area contributed by atoms with Gasteiger partial charge in [0.15, 0.2) is 11.5 Å². The molecular weight excluding hydrogens is 266 g/mol. The molecule has 1 N–H and O–H groups in total. The van der Waals surface area contributed by atoms with Gasteiger partial charge in [-0.15, -0.1) is 0 Å². The fourth-order valence-corrected chi connectivity index (χ4v) is 3.20. The van der Waals surface area contributed by atoms with E-state index in [1.807, 2.05) is 12.1 Å². The van der Waals surface area contributed by atoms with Gasteiger partial charge in [-0.05, 0) is 25.2 Å². The second-order valence-corrected chi connectivity index (χ2v) is 5.87. The average molecular weight is 289 g/mol. The quantitative estimate of drug-likeness (QED) is 0.864. The zero-order chi connectivity index (χ0) is 15.0. The predicted molar refractivity (Wildman–Crippen MR) is 81.9 cm³/mol. The van der Waals surface area contributed by atoms with Crippen LogP contribution < -0.4 is 9.47 Å². The summed E-state index contributed by atoms with van der Waals surface area (Å²) in [6, 6.07) is 4.11. The molecule has 1 aliphatic heterocycles. The molecule has 1 aromatic carbocycles. The second-order valence-electron chi connectivity index (χ2n) is 5.87. The number of aliphatic hydroxyl groups excluding tert-OH is 1. The zero-order valence-electron chi connectivity index (χ0n) is 12.9. The van der Waals surface area contributed by atoms with E-state index >= 15 is 0 Å². The summed E-state index contributed by atoms with van der Waals surface area (Å²) in [6.07, 6.45) is 4.21. The highest BCUT2D eigenvalue weighted by Crippen LogP contribution is 2.49. The Kier molecular flexibility index (Phi) is 3.91. The molecular formula is C17H23NO3. The molecule has 0 fully saturated rings. The summed E-state index contributed by atoms with van der Waals surface area (Å²) in [5, 5.41) is 9.81. The monoisotopic (exact) mass is 289 g/mol. The highest BCUT2D eigenvalue weighted by Gasteiger charge is 2.39. The average Bonchev–Trinajstić information content (AvgIpc) is 2.86. The van der Waals surface area contributed by atoms with Crippen molar-refractivity contribution < 1.29 is 14.6 Å². The third kappa shape index (κ3) is 2.54. The van der Waals surface area contributed by atoms with Crippen LogP contribution in [-0.4, -0.2) is 42.9 Å². The summed E-state index contributed by atoms with van der Waals surface area (Å²) in [6.45, 7) is 4.05. The number of rotatable bonds is 4. The van der Waals surface area contributed by atoms with Crippen LogP contribution in [0.5, 0.6) is 11.5 Å². The third-order valence-corrected chi connectivity index (χ3v) is 4.47. The normalized spacial score (nSPS) is 26.4. The topological polar surface area (TPSA) is 41.9 Å². The van der Waals surface area contributed by atoms with Gasteiger partial charge in [0.05, 0.1) is 13.2 Å². The number of hydrogen-bond acceptors (Lipinski definition) is 4. The minimum Gasteiger partial charge on any atom is -0.493 e. The number of aliphatic hydroxyl groups is 1. The van der Waals surface area contributed by atoms with Crippen molar-refractivity contribution in [3.05, 3.63) is 35.4 Å². The number of ether oxygens (including phenoxy) is 2. The third-order valence-electron chi connectivity index (χ3n) is 4.47. The molecule has 3 rings (SSSR count). The number of fused-ring (bicyclic) bond motifs is 3. The Balaban J connectivity index is 2.02. The molecule has 0 radical (unpaired) electrons. The molecule has 0 amide bonds. The lowest BCUT2D eigenvalue weighted by molar-refractivity contribution is 0.117. The molecule has 2 unspecified atom stereocenters. The van der Waals surface area contributed by atoms with Gasteiger partial charge in [-0.1, -0.05) is 25.1 Å². The van der Waals surface area contributed by atoms with Gasteiger partial charge in [0, 0.05) is 24.4 Å². The minimum absolute atomic E-state index is 0.0157. The number of nitrogens with zero attached hydrogens (tertiary/aromatic N) is 1. The van der Waals surface area contributed by atoms with Gasteiger partial charge in [-0.25, -0.2) is 0 Å². The maximum atomic E-state index is 9.81. The van der Waals surface area contributed by atoms with Crippen LogP contribution in [0.25, 0.3) is 0 Å². The lowest BCUT2D eigenvalue weighted by atomic mass is 9.85. The molecule has 3 atom stereocenters. The molecule has 4 nitrogen and oxygen atoms in total. The van der Waals surface area contributed by atoms with E-state index in [-0.39, 0.29) is 12.0 Å². The molecule has 1 aromatic rings. The molecule has 1 aliphatic carbocycles. The summed E-state index contributed by atoms with van der Waals surface area (Å²) >= 11 is 0. The van der Waals surface area contributed by atoms with Crippen LogP contribution in [0.4, 0.5) is 0 Å². The Morgan fingerprint density at radius 3 is 2.90 bits per heavy atom. The molecule has 0 saturated heterocycles. The van der Waals surface area contributed by atoms with Crippen molar-refractivity contribution >= 4 is 0 Å². The highest BCUT2D eigenvalue weighted by molar-refractivity contribution is 5.57. The van der Waals surface area contributed by atoms with E-state index in [9.17, 15) is 5.11 Å². The minimum atomic E-state index is -0.409. The van der Waals surface area contributed by atoms with Crippen LogP contribution in [0.3, 0.4) is 0 Å². The fourth-order valence-electron chi connectivity index (χ4n) is 3.20. The largest absolute Gasteiger partial charge is 0.493 e. The first-order valence-corrected chi connectivity index (χ1v) is 7.55. The van der Waals surface area contributed by atoms with E-state index in [1.54, 1.807) is 7.11 Å². The van der Waals surface area contributed by atoms with Crippen molar-refractivity contribution in [1.29, 1.82) is 0 Å². The Morgan fingerprint density at radius 2 is 2.19 bits per heavy atom. The maximum Gasteiger partial charge on any atom is 0.165 e. The summed E-state index contributed by atoms with van der Waals surface area (Å²) in [4.78, 5) is 2.27. The molecule has 0 aromatic heterocycles. The molecule has 0 bridgehead atoms. The van der Waals surface area contributed by atoms with Gasteiger partial charge in [0.2, 0.25) is 0 Å². The number of benzene rings is 1. The van der Waals surface area contributed by atoms with Crippen molar-refractivity contribution in [3.63, 3.8) is 0 Å². The first-order valence-electron chi connectivity index (χ1n) is 7.55. The van der Waals surface area contributed by atoms with Gasteiger partial charge in [0.25, 0.3) is 0 Å². The lowest BCUT2D eigenvalue weighted by Crippen LogP contribution is -2.27. The standard InChI is InChI=1S/C17H23NO3/c1-4-18(2)10-11-5-8-14(20-3)17-16(11)13-7-6-12(19)9-15(13)21-17/h5-8,12-13,15,19H,4,9-10H2,1-3H3/t12?,13?,15-/m0/s1. The van der Waals surface area contributed by atoms with Gasteiger partial charge >= 0.3 is 0 Å². The van der Waals surface area contributed by atoms with E-state index in [4.69, 9.17) is 9.47 Å². The Labute approximate surface area is 126 Å². The molecule has 2 aliphatic rings. The number of methoxy groups -OCH3 is 1. The summed E-state index contributed by atoms with van der Waals surface area (Å²) < 4.78 is 11.6. The van der Waals surface area contributed by atoms with Crippen LogP contribution in [0.2, 0.25) is 0 Å². The summed E-state index contributed by atoms with van der Waals surface area (Å²) in [7, 11) is 3.79. The molecule has 114 valence electrons. The second kappa shape index (κ2) is 5.70. The first kappa shape index (κ1) is 14.4. The molecule has 1 heterocycles. The first-order chi connectivity index (χ1) is 10.1. The van der Waals surface area contributed by atoms with Crippen LogP contribution in [0, 0.1) is 0 Å². The van der Waals surface area contributed by atoms with Gasteiger partial charge in [-0.3, -0.25) is 0 Å². The Bertz CT molecular complexity index is 555. The Hall–Kier alpha value is -1.52. The van der Waals surface area contributed by atoms with Crippen molar-refractivity contribution in [3.8, 4) is 11.5 Å². The van der Waals surface area contributed by atoms with Gasteiger partial charge < -0.3 is 19.5 Å². The van der Waals surface area contributed by atoms with Crippen molar-refractivity contribution in [2.45, 2.75) is 38.0 Å². The molecule has 0 saturated carbocycles. The van der Waals surface area contributed by atoms with Crippen molar-refractivity contribution in [2.24, 2.45) is 0 Å². The lowest BCUT2D eigenvalue weighted by Gasteiger charge is -2.24. The fraction of sp³-hybridized carbons (Fsp3) is 0.529. The van der Waals surface area contributed by atoms with E-state index in [2.05, 4.69) is 31.0 Å². The van der Waals surface area contributed by atoms with E-state index < -0.39 is 6.10 Å². The van der Waals surface area contributed by atoms with E-state index in [0.29, 0.717) is 6.42 Å². The van der Waals surface area contributed by atoms with Crippen LogP contribution in [0.15, 0.2) is 24.3 Å². The summed E-state index contributed by atoms with van der Waals surface area (Å²) in [5.41, 5.74) is 2.51. The van der Waals surface area contributed by atoms with Crippen molar-refractivity contribution in [2.75, 3.05) is 20.7 Å². The van der Waals surface area contributed by atoms with Gasteiger partial charge in [0.1, 0.15) is 6.10 Å². The SMILES string of the molecule is CCN(C)Cc1ccc(OC)c2c1C1C=CC(O)C[C@@H]1O2. The van der Waals surface area contributed by atoms with E-state index in [1.165, 1.54) is 11.1 Å². The van der Waals surface area contributed by atoms with Crippen LogP contribution in [-0.2, 0) is 6.54 Å². The van der Waals surface area contributed by atoms with Crippen molar-refractivity contribution in [1.82, 2.24) is 4.90 Å². The number of hydrogen-bond donors (Lipinski definition) is 1. The van der Waals surface area contributed by atoms with Gasteiger partial charge in [-0.2, -0.15) is 0 Å². The predicted octanol–water partition coefficient (Wildman–Crippen LogP) is 2.31. The maximum absolute atomic E-state index is 9.81. The molecule has 0 spiro atoms. The zero-order valence-corrected chi connectivity index (χ0v) is 12.9. The molecule has 21 heavy (non-hydrogen) atoms.